The molecule has 1 unspecified atom stereocenters. The summed E-state index contributed by atoms with van der Waals surface area (Å²) < 4.78 is 0. The summed E-state index contributed by atoms with van der Waals surface area (Å²) in [6.07, 6.45) is 0. The van der Waals surface area contributed by atoms with Gasteiger partial charge in [0, 0.05) is 17.1 Å². The van der Waals surface area contributed by atoms with Crippen molar-refractivity contribution in [3.05, 3.63) is 109 Å². The Balaban J connectivity index is 1.76. The molecule has 0 saturated heterocycles. The molecule has 126 valence electrons. The van der Waals surface area contributed by atoms with Gasteiger partial charge < -0.3 is 4.90 Å². The first kappa shape index (κ1) is 16.6. The Kier molecular flexibility index (Phi) is 4.82. The van der Waals surface area contributed by atoms with Crippen LogP contribution in [0.3, 0.4) is 0 Å². The minimum Gasteiger partial charge on any atom is -0.311 e. The van der Waals surface area contributed by atoms with E-state index in [1.54, 1.807) is 0 Å². The molecule has 0 radical (unpaired) electrons. The second kappa shape index (κ2) is 7.56. The average Bonchev–Trinajstić information content (AvgIpc) is 2.72. The molecule has 0 amide bonds. The maximum atomic E-state index is 2.74. The molecule has 0 aromatic heterocycles. The highest BCUT2D eigenvalue weighted by Gasteiger charge is 2.12. The fourth-order valence-corrected chi connectivity index (χ4v) is 3.27. The fraction of sp³-hybridized carbons (Fsp3) is 0. The van der Waals surface area contributed by atoms with Crippen molar-refractivity contribution in [2.45, 2.75) is 0 Å². The lowest BCUT2D eigenvalue weighted by Crippen LogP contribution is -2.10. The molecular weight excluding hydrogens is 333 g/mol. The molecule has 4 rings (SSSR count). The summed E-state index contributed by atoms with van der Waals surface area (Å²) in [5.41, 5.74) is 5.90. The summed E-state index contributed by atoms with van der Waals surface area (Å²) in [7, 11) is 2.74. The van der Waals surface area contributed by atoms with Crippen molar-refractivity contribution in [1.29, 1.82) is 0 Å². The number of anilines is 3. The van der Waals surface area contributed by atoms with Gasteiger partial charge in [-0.2, -0.15) is 0 Å². The smallest absolute Gasteiger partial charge is 0.0462 e. The lowest BCUT2D eigenvalue weighted by molar-refractivity contribution is 1.29. The molecule has 4 aromatic carbocycles. The van der Waals surface area contributed by atoms with Crippen molar-refractivity contribution in [3.8, 4) is 11.1 Å². The van der Waals surface area contributed by atoms with Gasteiger partial charge in [0.2, 0.25) is 0 Å². The molecule has 26 heavy (non-hydrogen) atoms. The van der Waals surface area contributed by atoms with Crippen LogP contribution in [-0.4, -0.2) is 0 Å². The van der Waals surface area contributed by atoms with E-state index in [1.165, 1.54) is 16.4 Å². The van der Waals surface area contributed by atoms with Crippen LogP contribution in [0, 0.1) is 0 Å². The van der Waals surface area contributed by atoms with Crippen molar-refractivity contribution in [3.63, 3.8) is 0 Å². The standard InChI is InChI=1S/C24H20NP/c26-24-17-15-23(16-18-24)25(21-9-5-2-6-10-21)22-13-11-20(12-14-22)19-7-3-1-4-8-19/h1-18H,26H2. The van der Waals surface area contributed by atoms with Gasteiger partial charge in [0.05, 0.1) is 0 Å². The van der Waals surface area contributed by atoms with Crippen LogP contribution in [0.2, 0.25) is 0 Å². The number of benzene rings is 4. The largest absolute Gasteiger partial charge is 0.311 e. The molecule has 0 aliphatic heterocycles. The zero-order valence-corrected chi connectivity index (χ0v) is 15.6. The van der Waals surface area contributed by atoms with Crippen molar-refractivity contribution < 1.29 is 0 Å². The van der Waals surface area contributed by atoms with Crippen LogP contribution in [0.25, 0.3) is 11.1 Å². The van der Waals surface area contributed by atoms with Gasteiger partial charge >= 0.3 is 0 Å². The van der Waals surface area contributed by atoms with Crippen LogP contribution >= 0.6 is 9.24 Å². The van der Waals surface area contributed by atoms with E-state index in [4.69, 9.17) is 0 Å². The molecule has 1 atom stereocenters. The van der Waals surface area contributed by atoms with Crippen LogP contribution in [-0.2, 0) is 0 Å². The average molecular weight is 353 g/mol. The quantitative estimate of drug-likeness (QED) is 0.388. The van der Waals surface area contributed by atoms with Crippen molar-refractivity contribution in [2.75, 3.05) is 4.90 Å². The van der Waals surface area contributed by atoms with Gasteiger partial charge in [0.15, 0.2) is 0 Å². The highest BCUT2D eigenvalue weighted by Crippen LogP contribution is 2.35. The molecule has 4 aromatic rings. The summed E-state index contributed by atoms with van der Waals surface area (Å²) in [6, 6.07) is 38.2. The Hall–Kier alpha value is -2.89. The van der Waals surface area contributed by atoms with E-state index in [0.717, 1.165) is 17.1 Å². The Labute approximate surface area is 157 Å². The molecule has 0 aliphatic carbocycles. The molecule has 0 N–H and O–H groups in total. The lowest BCUT2D eigenvalue weighted by Gasteiger charge is -2.25. The van der Waals surface area contributed by atoms with E-state index in [2.05, 4.69) is 111 Å². The second-order valence-electron chi connectivity index (χ2n) is 6.18. The van der Waals surface area contributed by atoms with Gasteiger partial charge in [-0.15, -0.1) is 9.24 Å². The zero-order valence-electron chi connectivity index (χ0n) is 14.4. The number of para-hydroxylation sites is 1. The van der Waals surface area contributed by atoms with Crippen LogP contribution < -0.4 is 10.2 Å². The topological polar surface area (TPSA) is 3.24 Å². The number of hydrogen-bond acceptors (Lipinski definition) is 1. The summed E-state index contributed by atoms with van der Waals surface area (Å²) in [5.74, 6) is 0. The molecule has 0 spiro atoms. The molecule has 2 heteroatoms. The Morgan fingerprint density at radius 3 is 1.42 bits per heavy atom. The van der Waals surface area contributed by atoms with E-state index in [-0.39, 0.29) is 0 Å². The second-order valence-corrected chi connectivity index (χ2v) is 6.84. The van der Waals surface area contributed by atoms with Crippen molar-refractivity contribution >= 4 is 31.6 Å². The first-order valence-electron chi connectivity index (χ1n) is 8.67. The highest BCUT2D eigenvalue weighted by molar-refractivity contribution is 7.27. The SMILES string of the molecule is Pc1ccc(N(c2ccccc2)c2ccc(-c3ccccc3)cc2)cc1. The van der Waals surface area contributed by atoms with E-state index in [1.807, 2.05) is 12.1 Å². The first-order chi connectivity index (χ1) is 12.8. The summed E-state index contributed by atoms with van der Waals surface area (Å²) in [6.45, 7) is 0. The predicted octanol–water partition coefficient (Wildman–Crippen LogP) is 6.32. The number of rotatable bonds is 4. The molecule has 0 fully saturated rings. The van der Waals surface area contributed by atoms with Crippen LogP contribution in [0.1, 0.15) is 0 Å². The van der Waals surface area contributed by atoms with Crippen LogP contribution in [0.4, 0.5) is 17.1 Å². The van der Waals surface area contributed by atoms with Gasteiger partial charge in [-0.05, 0) is 52.8 Å². The third-order valence-electron chi connectivity index (χ3n) is 4.40. The summed E-state index contributed by atoms with van der Waals surface area (Å²) in [5, 5.41) is 1.18. The Morgan fingerprint density at radius 2 is 0.846 bits per heavy atom. The minimum absolute atomic E-state index is 1.15. The predicted molar refractivity (Wildman–Crippen MR) is 116 cm³/mol. The highest BCUT2D eigenvalue weighted by atomic mass is 31.0. The summed E-state index contributed by atoms with van der Waals surface area (Å²) in [4.78, 5) is 2.28. The number of hydrogen-bond donors (Lipinski definition) is 0. The van der Waals surface area contributed by atoms with Gasteiger partial charge in [-0.1, -0.05) is 72.8 Å². The van der Waals surface area contributed by atoms with E-state index in [0.29, 0.717) is 0 Å². The Morgan fingerprint density at radius 1 is 0.423 bits per heavy atom. The van der Waals surface area contributed by atoms with Crippen molar-refractivity contribution in [2.24, 2.45) is 0 Å². The molecule has 0 heterocycles. The molecular formula is C24H20NP. The zero-order chi connectivity index (χ0) is 17.8. The Bertz CT molecular complexity index is 962. The minimum atomic E-state index is 1.15. The summed E-state index contributed by atoms with van der Waals surface area (Å²) >= 11 is 0. The molecule has 0 bridgehead atoms. The maximum absolute atomic E-state index is 2.74. The maximum Gasteiger partial charge on any atom is 0.0462 e. The van der Waals surface area contributed by atoms with Gasteiger partial charge in [0.25, 0.3) is 0 Å². The molecule has 1 nitrogen and oxygen atoms in total. The van der Waals surface area contributed by atoms with Crippen LogP contribution in [0.5, 0.6) is 0 Å². The third-order valence-corrected chi connectivity index (χ3v) is 4.78. The number of nitrogens with zero attached hydrogens (tertiary/aromatic N) is 1. The first-order valence-corrected chi connectivity index (χ1v) is 9.25. The molecule has 0 aliphatic rings. The lowest BCUT2D eigenvalue weighted by atomic mass is 10.0. The van der Waals surface area contributed by atoms with Gasteiger partial charge in [-0.25, -0.2) is 0 Å². The van der Waals surface area contributed by atoms with Crippen molar-refractivity contribution in [1.82, 2.24) is 0 Å². The molecule has 0 saturated carbocycles. The third kappa shape index (κ3) is 3.54. The van der Waals surface area contributed by atoms with Gasteiger partial charge in [0.1, 0.15) is 0 Å². The van der Waals surface area contributed by atoms with Crippen LogP contribution in [0.15, 0.2) is 109 Å². The van der Waals surface area contributed by atoms with E-state index >= 15 is 0 Å². The fourth-order valence-electron chi connectivity index (χ4n) is 3.08. The van der Waals surface area contributed by atoms with E-state index < -0.39 is 0 Å². The monoisotopic (exact) mass is 353 g/mol. The van der Waals surface area contributed by atoms with Gasteiger partial charge in [-0.3, -0.25) is 0 Å². The van der Waals surface area contributed by atoms with E-state index in [9.17, 15) is 0 Å². The normalized spacial score (nSPS) is 10.5.